The van der Waals surface area contributed by atoms with E-state index in [1.807, 2.05) is 56.3 Å². The lowest BCUT2D eigenvalue weighted by Gasteiger charge is -2.26. The van der Waals surface area contributed by atoms with Crippen LogP contribution in [0.3, 0.4) is 0 Å². The summed E-state index contributed by atoms with van der Waals surface area (Å²) < 4.78 is 0. The van der Waals surface area contributed by atoms with Gasteiger partial charge in [0.05, 0.1) is 11.6 Å². The maximum atomic E-state index is 13.3. The molecule has 1 saturated heterocycles. The number of benzene rings is 2. The molecule has 5 heteroatoms. The van der Waals surface area contributed by atoms with Crippen LogP contribution in [-0.4, -0.2) is 26.7 Å². The van der Waals surface area contributed by atoms with Gasteiger partial charge >= 0.3 is 0 Å². The van der Waals surface area contributed by atoms with Crippen LogP contribution in [0.1, 0.15) is 57.8 Å². The zero-order valence-corrected chi connectivity index (χ0v) is 19.5. The Balaban J connectivity index is 1.63. The summed E-state index contributed by atoms with van der Waals surface area (Å²) in [5.41, 5.74) is 7.02. The molecule has 1 amide bonds. The second kappa shape index (κ2) is 8.90. The van der Waals surface area contributed by atoms with Gasteiger partial charge in [0.2, 0.25) is 0 Å². The molecule has 2 heterocycles. The van der Waals surface area contributed by atoms with Gasteiger partial charge in [-0.2, -0.15) is 0 Å². The van der Waals surface area contributed by atoms with Crippen molar-refractivity contribution in [2.45, 2.75) is 52.1 Å². The minimum absolute atomic E-state index is 0.121. The van der Waals surface area contributed by atoms with E-state index in [2.05, 4.69) is 4.98 Å². The first-order chi connectivity index (χ1) is 16.4. The summed E-state index contributed by atoms with van der Waals surface area (Å²) in [6.07, 6.45) is 7.60. The zero-order valence-electron chi connectivity index (χ0n) is 19.5. The van der Waals surface area contributed by atoms with Crippen molar-refractivity contribution in [2.24, 2.45) is 0 Å². The summed E-state index contributed by atoms with van der Waals surface area (Å²) in [4.78, 5) is 32.4. The summed E-state index contributed by atoms with van der Waals surface area (Å²) >= 11 is 0. The number of aliphatic hydroxyl groups is 1. The van der Waals surface area contributed by atoms with E-state index in [0.717, 1.165) is 36.0 Å². The Hall–Kier alpha value is -3.73. The van der Waals surface area contributed by atoms with Crippen LogP contribution in [0.4, 0.5) is 0 Å². The molecule has 0 saturated carbocycles. The van der Waals surface area contributed by atoms with Gasteiger partial charge in [-0.05, 0) is 79.5 Å². The van der Waals surface area contributed by atoms with E-state index in [9.17, 15) is 14.7 Å². The Morgan fingerprint density at radius 3 is 2.59 bits per heavy atom. The lowest BCUT2D eigenvalue weighted by atomic mass is 9.89. The van der Waals surface area contributed by atoms with Gasteiger partial charge < -0.3 is 10.0 Å². The van der Waals surface area contributed by atoms with E-state index in [4.69, 9.17) is 0 Å². The van der Waals surface area contributed by atoms with Crippen LogP contribution in [0.25, 0.3) is 5.76 Å². The fraction of sp³-hybridized carbons (Fsp3) is 0.276. The monoisotopic (exact) mass is 452 g/mol. The van der Waals surface area contributed by atoms with E-state index in [0.29, 0.717) is 11.1 Å². The van der Waals surface area contributed by atoms with Crippen molar-refractivity contribution in [1.82, 2.24) is 9.88 Å². The Morgan fingerprint density at radius 2 is 1.82 bits per heavy atom. The number of likely N-dealkylation sites (tertiary alicyclic amines) is 1. The van der Waals surface area contributed by atoms with Gasteiger partial charge in [0.25, 0.3) is 11.7 Å². The van der Waals surface area contributed by atoms with Gasteiger partial charge in [-0.1, -0.05) is 42.0 Å². The average molecular weight is 453 g/mol. The van der Waals surface area contributed by atoms with Crippen molar-refractivity contribution in [2.75, 3.05) is 0 Å². The Kier molecular flexibility index (Phi) is 5.78. The fourth-order valence-corrected chi connectivity index (χ4v) is 5.12. The molecule has 1 fully saturated rings. The molecule has 1 aromatic heterocycles. The van der Waals surface area contributed by atoms with E-state index < -0.39 is 17.7 Å². The average Bonchev–Trinajstić information content (AvgIpc) is 3.11. The number of rotatable bonds is 4. The van der Waals surface area contributed by atoms with Crippen LogP contribution < -0.4 is 0 Å². The highest BCUT2D eigenvalue weighted by molar-refractivity contribution is 6.46. The first-order valence-corrected chi connectivity index (χ1v) is 11.8. The first kappa shape index (κ1) is 22.1. The molecule has 1 unspecified atom stereocenters. The smallest absolute Gasteiger partial charge is 0.295 e. The van der Waals surface area contributed by atoms with E-state index >= 15 is 0 Å². The second-order valence-corrected chi connectivity index (χ2v) is 9.33. The normalized spacial score (nSPS) is 19.4. The number of aryl methyl sites for hydroxylation is 4. The van der Waals surface area contributed by atoms with Crippen molar-refractivity contribution in [3.05, 3.63) is 105 Å². The van der Waals surface area contributed by atoms with Crippen molar-refractivity contribution >= 4 is 17.4 Å². The van der Waals surface area contributed by atoms with Crippen LogP contribution >= 0.6 is 0 Å². The van der Waals surface area contributed by atoms with Gasteiger partial charge in [0, 0.05) is 24.5 Å². The number of fused-ring (bicyclic) bond motifs is 1. The molecule has 2 aliphatic rings. The summed E-state index contributed by atoms with van der Waals surface area (Å²) in [6, 6.07) is 14.9. The van der Waals surface area contributed by atoms with E-state index in [-0.39, 0.29) is 17.9 Å². The number of carbonyl (C=O) groups is 2. The van der Waals surface area contributed by atoms with E-state index in [1.54, 1.807) is 23.4 Å². The predicted molar refractivity (Wildman–Crippen MR) is 131 cm³/mol. The third-order valence-corrected chi connectivity index (χ3v) is 7.01. The van der Waals surface area contributed by atoms with Gasteiger partial charge in [-0.3, -0.25) is 14.6 Å². The molecular formula is C29H28N2O3. The second-order valence-electron chi connectivity index (χ2n) is 9.33. The molecule has 0 spiro atoms. The van der Waals surface area contributed by atoms with Crippen molar-refractivity contribution in [3.8, 4) is 0 Å². The molecule has 2 aromatic carbocycles. The molecule has 5 rings (SSSR count). The van der Waals surface area contributed by atoms with Crippen LogP contribution in [0.2, 0.25) is 0 Å². The molecule has 1 N–H and O–H groups in total. The maximum absolute atomic E-state index is 13.3. The molecule has 5 nitrogen and oxygen atoms in total. The molecule has 1 atom stereocenters. The quantitative estimate of drug-likeness (QED) is 0.336. The fourth-order valence-electron chi connectivity index (χ4n) is 5.12. The van der Waals surface area contributed by atoms with Crippen molar-refractivity contribution < 1.29 is 14.7 Å². The summed E-state index contributed by atoms with van der Waals surface area (Å²) in [7, 11) is 0. The number of nitrogens with zero attached hydrogens (tertiary/aromatic N) is 2. The largest absolute Gasteiger partial charge is 0.507 e. The first-order valence-electron chi connectivity index (χ1n) is 11.8. The molecule has 0 bridgehead atoms. The molecule has 1 aliphatic heterocycles. The SMILES string of the molecule is Cc1ccc(C)c(CN2C(=O)C(=O)/C(=C(\O)c3ccc4c(c3)CCCC4)C2c2cccnc2)c1. The van der Waals surface area contributed by atoms with Gasteiger partial charge in [0.15, 0.2) is 0 Å². The molecular weight excluding hydrogens is 424 g/mol. The number of aromatic nitrogens is 1. The molecule has 0 radical (unpaired) electrons. The minimum Gasteiger partial charge on any atom is -0.507 e. The third kappa shape index (κ3) is 3.92. The van der Waals surface area contributed by atoms with Gasteiger partial charge in [0.1, 0.15) is 5.76 Å². The van der Waals surface area contributed by atoms with Crippen LogP contribution in [0.15, 0.2) is 66.5 Å². The van der Waals surface area contributed by atoms with Crippen LogP contribution in [0.5, 0.6) is 0 Å². The predicted octanol–water partition coefficient (Wildman–Crippen LogP) is 5.20. The number of pyridine rings is 1. The van der Waals surface area contributed by atoms with Gasteiger partial charge in [-0.25, -0.2) is 0 Å². The van der Waals surface area contributed by atoms with E-state index in [1.165, 1.54) is 17.5 Å². The maximum Gasteiger partial charge on any atom is 0.295 e. The lowest BCUT2D eigenvalue weighted by molar-refractivity contribution is -0.140. The summed E-state index contributed by atoms with van der Waals surface area (Å²) in [5.74, 6) is -1.38. The third-order valence-electron chi connectivity index (χ3n) is 7.01. The number of hydrogen-bond donors (Lipinski definition) is 1. The number of aliphatic hydroxyl groups excluding tert-OH is 1. The van der Waals surface area contributed by atoms with Crippen LogP contribution in [0, 0.1) is 13.8 Å². The van der Waals surface area contributed by atoms with Crippen LogP contribution in [-0.2, 0) is 29.0 Å². The molecule has 1 aliphatic carbocycles. The highest BCUT2D eigenvalue weighted by Crippen LogP contribution is 2.40. The number of amides is 1. The molecule has 172 valence electrons. The van der Waals surface area contributed by atoms with Crippen molar-refractivity contribution in [3.63, 3.8) is 0 Å². The Bertz CT molecular complexity index is 1310. The summed E-state index contributed by atoms with van der Waals surface area (Å²) in [5, 5.41) is 11.4. The Morgan fingerprint density at radius 1 is 1.03 bits per heavy atom. The van der Waals surface area contributed by atoms with Crippen molar-refractivity contribution in [1.29, 1.82) is 0 Å². The standard InChI is InChI=1S/C29H28N2O3/c1-18-9-10-19(2)24(14-18)17-31-26(23-8-5-13-30-16-23)25(28(33)29(31)34)27(32)22-12-11-20-6-3-4-7-21(20)15-22/h5,8-16,26,32H,3-4,6-7,17H2,1-2H3/b27-25-. The number of Topliss-reactive ketones (excluding diaryl/α,β-unsaturated/α-hetero) is 1. The van der Waals surface area contributed by atoms with Gasteiger partial charge in [-0.15, -0.1) is 0 Å². The topological polar surface area (TPSA) is 70.5 Å². The number of ketones is 1. The highest BCUT2D eigenvalue weighted by Gasteiger charge is 2.46. The lowest BCUT2D eigenvalue weighted by Crippen LogP contribution is -2.29. The molecule has 3 aromatic rings. The zero-order chi connectivity index (χ0) is 23.8. The number of carbonyl (C=O) groups excluding carboxylic acids is 2. The molecule has 34 heavy (non-hydrogen) atoms. The number of hydrogen-bond acceptors (Lipinski definition) is 4. The highest BCUT2D eigenvalue weighted by atomic mass is 16.3. The minimum atomic E-state index is -0.704. The summed E-state index contributed by atoms with van der Waals surface area (Å²) in [6.45, 7) is 4.28. The Labute approximate surface area is 199 Å².